The van der Waals surface area contributed by atoms with Gasteiger partial charge in [0.1, 0.15) is 0 Å². The van der Waals surface area contributed by atoms with E-state index in [0.29, 0.717) is 6.42 Å². The van der Waals surface area contributed by atoms with Crippen LogP contribution in [0.4, 0.5) is 0 Å². The van der Waals surface area contributed by atoms with Crippen LogP contribution in [-0.2, 0) is 4.79 Å². The molecule has 1 fully saturated rings. The smallest absolute Gasteiger partial charge is 0.221 e. The summed E-state index contributed by atoms with van der Waals surface area (Å²) in [5.41, 5.74) is 0. The minimum Gasteiger partial charge on any atom is -0.359 e. The number of piperidine rings is 1. The van der Waals surface area contributed by atoms with E-state index in [4.69, 9.17) is 0 Å². The molecule has 0 aliphatic carbocycles. The summed E-state index contributed by atoms with van der Waals surface area (Å²) < 4.78 is 0. The van der Waals surface area contributed by atoms with E-state index in [1.807, 2.05) is 0 Å². The average Bonchev–Trinajstić information content (AvgIpc) is 2.27. The molecule has 0 bridgehead atoms. The molecule has 88 valence electrons. The molecule has 0 unspecified atom stereocenters. The standard InChI is InChI=1S/C11H23N3O/c1-12-11(15)5-8-14(2)9-10-3-6-13-7-4-10/h10,13H,3-9H2,1-2H3,(H,12,15). The van der Waals surface area contributed by atoms with E-state index in [-0.39, 0.29) is 5.91 Å². The van der Waals surface area contributed by atoms with E-state index in [2.05, 4.69) is 22.6 Å². The topological polar surface area (TPSA) is 44.4 Å². The van der Waals surface area contributed by atoms with Crippen molar-refractivity contribution >= 4 is 5.91 Å². The quantitative estimate of drug-likeness (QED) is 0.678. The third-order valence-electron chi connectivity index (χ3n) is 3.03. The molecule has 4 heteroatoms. The lowest BCUT2D eigenvalue weighted by atomic mass is 9.98. The van der Waals surface area contributed by atoms with Gasteiger partial charge in [-0.3, -0.25) is 4.79 Å². The molecule has 1 rings (SSSR count). The van der Waals surface area contributed by atoms with Gasteiger partial charge in [0.2, 0.25) is 5.91 Å². The monoisotopic (exact) mass is 213 g/mol. The molecule has 1 saturated heterocycles. The first-order chi connectivity index (χ1) is 7.22. The summed E-state index contributed by atoms with van der Waals surface area (Å²) in [4.78, 5) is 13.3. The molecule has 15 heavy (non-hydrogen) atoms. The highest BCUT2D eigenvalue weighted by molar-refractivity contribution is 5.75. The molecular weight excluding hydrogens is 190 g/mol. The molecule has 0 aromatic heterocycles. The Kier molecular flexibility index (Phi) is 5.65. The maximum Gasteiger partial charge on any atom is 0.221 e. The fourth-order valence-electron chi connectivity index (χ4n) is 2.01. The Balaban J connectivity index is 2.11. The van der Waals surface area contributed by atoms with E-state index in [1.165, 1.54) is 12.8 Å². The van der Waals surface area contributed by atoms with Crippen LogP contribution in [0.15, 0.2) is 0 Å². The number of nitrogens with one attached hydrogen (secondary N) is 2. The molecule has 0 spiro atoms. The van der Waals surface area contributed by atoms with Gasteiger partial charge in [-0.05, 0) is 38.9 Å². The molecule has 2 N–H and O–H groups in total. The van der Waals surface area contributed by atoms with Crippen molar-refractivity contribution in [2.45, 2.75) is 19.3 Å². The van der Waals surface area contributed by atoms with Gasteiger partial charge in [-0.1, -0.05) is 0 Å². The first-order valence-electron chi connectivity index (χ1n) is 5.82. The molecule has 0 radical (unpaired) electrons. The number of carbonyl (C=O) groups excluding carboxylic acids is 1. The molecule has 1 aliphatic heterocycles. The van der Waals surface area contributed by atoms with E-state index < -0.39 is 0 Å². The van der Waals surface area contributed by atoms with Gasteiger partial charge in [-0.25, -0.2) is 0 Å². The summed E-state index contributed by atoms with van der Waals surface area (Å²) in [6.07, 6.45) is 3.15. The molecule has 4 nitrogen and oxygen atoms in total. The van der Waals surface area contributed by atoms with Crippen LogP contribution in [-0.4, -0.2) is 51.1 Å². The third kappa shape index (κ3) is 5.14. The predicted octanol–water partition coefficient (Wildman–Crippen LogP) is 0.0539. The Labute approximate surface area is 92.4 Å². The van der Waals surface area contributed by atoms with E-state index in [9.17, 15) is 4.79 Å². The normalized spacial score (nSPS) is 18.1. The lowest BCUT2D eigenvalue weighted by Crippen LogP contribution is -2.35. The van der Waals surface area contributed by atoms with Crippen molar-refractivity contribution in [1.29, 1.82) is 0 Å². The second-order valence-electron chi connectivity index (χ2n) is 4.38. The van der Waals surface area contributed by atoms with Crippen LogP contribution in [0.1, 0.15) is 19.3 Å². The molecule has 0 atom stereocenters. The third-order valence-corrected chi connectivity index (χ3v) is 3.03. The molecule has 1 amide bonds. The summed E-state index contributed by atoms with van der Waals surface area (Å²) in [5, 5.41) is 6.01. The van der Waals surface area contributed by atoms with Crippen molar-refractivity contribution in [3.63, 3.8) is 0 Å². The average molecular weight is 213 g/mol. The van der Waals surface area contributed by atoms with Crippen LogP contribution in [0, 0.1) is 5.92 Å². The SMILES string of the molecule is CNC(=O)CCN(C)CC1CCNCC1. The highest BCUT2D eigenvalue weighted by Gasteiger charge is 2.15. The molecule has 0 aromatic rings. The van der Waals surface area contributed by atoms with Gasteiger partial charge in [0.15, 0.2) is 0 Å². The number of nitrogens with zero attached hydrogens (tertiary/aromatic N) is 1. The Morgan fingerprint density at radius 2 is 2.13 bits per heavy atom. The maximum absolute atomic E-state index is 11.1. The van der Waals surface area contributed by atoms with Crippen LogP contribution in [0.3, 0.4) is 0 Å². The van der Waals surface area contributed by atoms with Crippen molar-refractivity contribution < 1.29 is 4.79 Å². The molecule has 0 aromatic carbocycles. The lowest BCUT2D eigenvalue weighted by molar-refractivity contribution is -0.120. The Hall–Kier alpha value is -0.610. The number of carbonyl (C=O) groups is 1. The summed E-state index contributed by atoms with van der Waals surface area (Å²) in [7, 11) is 3.79. The molecule has 1 heterocycles. The zero-order valence-corrected chi connectivity index (χ0v) is 9.88. The first kappa shape index (κ1) is 12.5. The number of amides is 1. The van der Waals surface area contributed by atoms with E-state index in [0.717, 1.165) is 32.1 Å². The highest BCUT2D eigenvalue weighted by atomic mass is 16.1. The predicted molar refractivity (Wildman–Crippen MR) is 61.8 cm³/mol. The maximum atomic E-state index is 11.1. The van der Waals surface area contributed by atoms with Crippen molar-refractivity contribution in [3.05, 3.63) is 0 Å². The Morgan fingerprint density at radius 3 is 2.73 bits per heavy atom. The minimum atomic E-state index is 0.132. The minimum absolute atomic E-state index is 0.132. The summed E-state index contributed by atoms with van der Waals surface area (Å²) in [6, 6.07) is 0. The lowest BCUT2D eigenvalue weighted by Gasteiger charge is -2.27. The zero-order valence-electron chi connectivity index (χ0n) is 9.88. The summed E-state index contributed by atoms with van der Waals surface area (Å²) in [6.45, 7) is 4.28. The van der Waals surface area contributed by atoms with Gasteiger partial charge in [-0.2, -0.15) is 0 Å². The Bertz CT molecular complexity index is 190. The molecule has 0 saturated carbocycles. The van der Waals surface area contributed by atoms with Crippen LogP contribution in [0.5, 0.6) is 0 Å². The summed E-state index contributed by atoms with van der Waals surface area (Å²) >= 11 is 0. The van der Waals surface area contributed by atoms with Crippen molar-refractivity contribution in [2.24, 2.45) is 5.92 Å². The fraction of sp³-hybridized carbons (Fsp3) is 0.909. The van der Waals surface area contributed by atoms with Crippen molar-refractivity contribution in [3.8, 4) is 0 Å². The highest BCUT2D eigenvalue weighted by Crippen LogP contribution is 2.12. The molecular formula is C11H23N3O. The van der Waals surface area contributed by atoms with Gasteiger partial charge in [0.05, 0.1) is 0 Å². The van der Waals surface area contributed by atoms with Crippen molar-refractivity contribution in [2.75, 3.05) is 40.3 Å². The zero-order chi connectivity index (χ0) is 11.1. The largest absolute Gasteiger partial charge is 0.359 e. The first-order valence-corrected chi connectivity index (χ1v) is 5.82. The number of rotatable bonds is 5. The Morgan fingerprint density at radius 1 is 1.47 bits per heavy atom. The van der Waals surface area contributed by atoms with Crippen LogP contribution >= 0.6 is 0 Å². The number of hydrogen-bond donors (Lipinski definition) is 2. The van der Waals surface area contributed by atoms with Crippen molar-refractivity contribution in [1.82, 2.24) is 15.5 Å². The van der Waals surface area contributed by atoms with Gasteiger partial charge >= 0.3 is 0 Å². The van der Waals surface area contributed by atoms with Crippen LogP contribution in [0.25, 0.3) is 0 Å². The van der Waals surface area contributed by atoms with Gasteiger partial charge in [-0.15, -0.1) is 0 Å². The van der Waals surface area contributed by atoms with Crippen LogP contribution < -0.4 is 10.6 Å². The van der Waals surface area contributed by atoms with E-state index in [1.54, 1.807) is 7.05 Å². The van der Waals surface area contributed by atoms with Crippen LogP contribution in [0.2, 0.25) is 0 Å². The fourth-order valence-corrected chi connectivity index (χ4v) is 2.01. The van der Waals surface area contributed by atoms with E-state index >= 15 is 0 Å². The van der Waals surface area contributed by atoms with Gasteiger partial charge < -0.3 is 15.5 Å². The molecule has 1 aliphatic rings. The van der Waals surface area contributed by atoms with Gasteiger partial charge in [0, 0.05) is 26.6 Å². The summed E-state index contributed by atoms with van der Waals surface area (Å²) in [5.74, 6) is 0.938. The number of hydrogen-bond acceptors (Lipinski definition) is 3. The van der Waals surface area contributed by atoms with Gasteiger partial charge in [0.25, 0.3) is 0 Å². The second kappa shape index (κ2) is 6.80. The second-order valence-corrected chi connectivity index (χ2v) is 4.38.